The largest absolute Gasteiger partial charge is 0.493 e. The maximum Gasteiger partial charge on any atom is 0.178 e. The second-order valence-corrected chi connectivity index (χ2v) is 9.08. The Morgan fingerprint density at radius 2 is 1.90 bits per heavy atom. The van der Waals surface area contributed by atoms with E-state index < -0.39 is 23.0 Å². The minimum atomic E-state index is -0.935. The molecule has 0 saturated heterocycles. The number of rotatable bonds is 4. The number of benzene rings is 2. The van der Waals surface area contributed by atoms with Crippen molar-refractivity contribution in [3.8, 4) is 28.7 Å². The van der Waals surface area contributed by atoms with Crippen LogP contribution in [-0.2, 0) is 6.42 Å². The molecule has 3 heterocycles. The third-order valence-corrected chi connectivity index (χ3v) is 6.66. The summed E-state index contributed by atoms with van der Waals surface area (Å²) in [7, 11) is 3.11. The summed E-state index contributed by atoms with van der Waals surface area (Å²) >= 11 is 6.42. The highest BCUT2D eigenvalue weighted by atomic mass is 35.5. The molecule has 0 spiro atoms. The van der Waals surface area contributed by atoms with Gasteiger partial charge in [0.15, 0.2) is 17.3 Å². The molecule has 5 rings (SSSR count). The van der Waals surface area contributed by atoms with Crippen molar-refractivity contribution in [2.75, 3.05) is 27.4 Å². The molecule has 3 aliphatic heterocycles. The van der Waals surface area contributed by atoms with Gasteiger partial charge in [-0.1, -0.05) is 0 Å². The number of hydrogen-bond acceptors (Lipinski definition) is 7. The lowest BCUT2D eigenvalue weighted by atomic mass is 9.81. The molecule has 0 radical (unpaired) electrons. The predicted molar refractivity (Wildman–Crippen MR) is 112 cm³/mol. The lowest BCUT2D eigenvalue weighted by Gasteiger charge is -2.37. The molecule has 3 aliphatic rings. The van der Waals surface area contributed by atoms with Crippen molar-refractivity contribution in [1.82, 2.24) is 0 Å². The SMILES string of the molecule is COc1cc2c(cc1OC)[C@H]1C(=O)c3ccc4c(c3O[C@H]1CO2)C[C@@H](C(C)(Cl)CO)O4. The van der Waals surface area contributed by atoms with Crippen molar-refractivity contribution in [1.29, 1.82) is 0 Å². The van der Waals surface area contributed by atoms with Gasteiger partial charge in [0.1, 0.15) is 40.9 Å². The van der Waals surface area contributed by atoms with Crippen LogP contribution in [0.2, 0.25) is 0 Å². The van der Waals surface area contributed by atoms with E-state index in [0.717, 1.165) is 5.56 Å². The Morgan fingerprint density at radius 1 is 1.16 bits per heavy atom. The van der Waals surface area contributed by atoms with Crippen LogP contribution in [0, 0.1) is 0 Å². The van der Waals surface area contributed by atoms with Crippen molar-refractivity contribution < 1.29 is 33.6 Å². The monoisotopic (exact) mass is 446 g/mol. The van der Waals surface area contributed by atoms with E-state index in [4.69, 9.17) is 35.3 Å². The molecule has 31 heavy (non-hydrogen) atoms. The highest BCUT2D eigenvalue weighted by Gasteiger charge is 2.47. The topological polar surface area (TPSA) is 83.5 Å². The Bertz CT molecular complexity index is 1060. The van der Waals surface area contributed by atoms with Crippen LogP contribution in [0.4, 0.5) is 0 Å². The van der Waals surface area contributed by atoms with Crippen LogP contribution in [0.3, 0.4) is 0 Å². The molecule has 1 unspecified atom stereocenters. The summed E-state index contributed by atoms with van der Waals surface area (Å²) < 4.78 is 29.0. The van der Waals surface area contributed by atoms with Crippen molar-refractivity contribution in [3.63, 3.8) is 0 Å². The molecule has 0 aliphatic carbocycles. The zero-order valence-electron chi connectivity index (χ0n) is 17.4. The molecule has 0 fully saturated rings. The first kappa shape index (κ1) is 20.3. The molecular formula is C23H23ClO7. The van der Waals surface area contributed by atoms with Crippen LogP contribution in [0.5, 0.6) is 28.7 Å². The number of aliphatic hydroxyl groups excluding tert-OH is 1. The van der Waals surface area contributed by atoms with Crippen LogP contribution in [0.15, 0.2) is 24.3 Å². The van der Waals surface area contributed by atoms with Gasteiger partial charge in [-0.15, -0.1) is 11.6 Å². The number of fused-ring (bicyclic) bond motifs is 6. The van der Waals surface area contributed by atoms with E-state index in [2.05, 4.69) is 0 Å². The molecule has 2 aromatic rings. The summed E-state index contributed by atoms with van der Waals surface area (Å²) in [6.45, 7) is 1.74. The average molecular weight is 447 g/mol. The Balaban J connectivity index is 1.55. The Kier molecular flexibility index (Phi) is 4.71. The zero-order chi connectivity index (χ0) is 21.9. The number of alkyl halides is 1. The van der Waals surface area contributed by atoms with Gasteiger partial charge in [0.05, 0.1) is 32.3 Å². The standard InChI is InChI=1S/C23H23ClO7/c1-23(24,10-25)19-7-13-14(30-19)5-4-11-21(26)20-12-6-16(27-2)17(28-3)8-15(12)29-9-18(20)31-22(11)13/h4-6,8,18-20,25H,7,9-10H2,1-3H3/t18-,19-,20+,23?/m0/s1. The zero-order valence-corrected chi connectivity index (χ0v) is 18.2. The number of ketones is 1. The number of aliphatic hydroxyl groups is 1. The molecule has 164 valence electrons. The molecule has 0 saturated carbocycles. The molecule has 0 bridgehead atoms. The second kappa shape index (κ2) is 7.21. The molecule has 4 atom stereocenters. The van der Waals surface area contributed by atoms with Gasteiger partial charge in [0, 0.05) is 23.6 Å². The lowest BCUT2D eigenvalue weighted by Crippen LogP contribution is -2.43. The Hall–Kier alpha value is -2.64. The third-order valence-electron chi connectivity index (χ3n) is 6.30. The van der Waals surface area contributed by atoms with Gasteiger partial charge in [-0.2, -0.15) is 0 Å². The smallest absolute Gasteiger partial charge is 0.178 e. The molecule has 2 aromatic carbocycles. The highest BCUT2D eigenvalue weighted by molar-refractivity contribution is 6.24. The number of halogens is 1. The number of hydrogen-bond donors (Lipinski definition) is 1. The third kappa shape index (κ3) is 3.02. The fourth-order valence-corrected chi connectivity index (χ4v) is 4.63. The van der Waals surface area contributed by atoms with Gasteiger partial charge in [-0.05, 0) is 25.1 Å². The van der Waals surface area contributed by atoms with Crippen molar-refractivity contribution in [2.45, 2.75) is 36.3 Å². The van der Waals surface area contributed by atoms with Crippen LogP contribution < -0.4 is 23.7 Å². The van der Waals surface area contributed by atoms with Crippen LogP contribution in [-0.4, -0.2) is 55.4 Å². The summed E-state index contributed by atoms with van der Waals surface area (Å²) in [5.74, 6) is 2.25. The van der Waals surface area contributed by atoms with Crippen molar-refractivity contribution in [3.05, 3.63) is 41.0 Å². The van der Waals surface area contributed by atoms with E-state index in [1.54, 1.807) is 45.4 Å². The quantitative estimate of drug-likeness (QED) is 0.722. The summed E-state index contributed by atoms with van der Waals surface area (Å²) in [5.41, 5.74) is 2.02. The minimum Gasteiger partial charge on any atom is -0.493 e. The van der Waals surface area contributed by atoms with E-state index in [1.807, 2.05) is 0 Å². The van der Waals surface area contributed by atoms with Crippen LogP contribution in [0.1, 0.15) is 34.3 Å². The second-order valence-electron chi connectivity index (χ2n) is 8.22. The Labute approximate surface area is 184 Å². The summed E-state index contributed by atoms with van der Waals surface area (Å²) in [4.78, 5) is 12.7. The van der Waals surface area contributed by atoms with Gasteiger partial charge in [-0.3, -0.25) is 4.79 Å². The molecule has 7 nitrogen and oxygen atoms in total. The first-order valence-corrected chi connectivity index (χ1v) is 10.5. The van der Waals surface area contributed by atoms with Gasteiger partial charge in [0.25, 0.3) is 0 Å². The van der Waals surface area contributed by atoms with E-state index in [9.17, 15) is 9.90 Å². The van der Waals surface area contributed by atoms with E-state index >= 15 is 0 Å². The first-order chi connectivity index (χ1) is 14.9. The Morgan fingerprint density at radius 3 is 2.61 bits per heavy atom. The van der Waals surface area contributed by atoms with Gasteiger partial charge >= 0.3 is 0 Å². The fourth-order valence-electron chi connectivity index (χ4n) is 4.50. The van der Waals surface area contributed by atoms with E-state index in [-0.39, 0.29) is 19.0 Å². The fraction of sp³-hybridized carbons (Fsp3) is 0.435. The minimum absolute atomic E-state index is 0.0370. The molecule has 0 aromatic heterocycles. The van der Waals surface area contributed by atoms with Gasteiger partial charge in [0.2, 0.25) is 0 Å². The lowest BCUT2D eigenvalue weighted by molar-refractivity contribution is 0.0554. The summed E-state index contributed by atoms with van der Waals surface area (Å²) in [6, 6.07) is 7.03. The summed E-state index contributed by atoms with van der Waals surface area (Å²) in [5, 5.41) is 9.61. The molecule has 1 N–H and O–H groups in total. The number of ether oxygens (including phenoxy) is 5. The normalized spacial score (nSPS) is 24.9. The number of Topliss-reactive ketones (excluding diaryl/α,β-unsaturated/α-hetero) is 1. The van der Waals surface area contributed by atoms with E-state index in [0.29, 0.717) is 46.3 Å². The maximum atomic E-state index is 13.6. The number of carbonyl (C=O) groups excluding carboxylic acids is 1. The predicted octanol–water partition coefficient (Wildman–Crippen LogP) is 3.12. The van der Waals surface area contributed by atoms with Gasteiger partial charge in [-0.25, -0.2) is 0 Å². The van der Waals surface area contributed by atoms with Crippen molar-refractivity contribution >= 4 is 17.4 Å². The molecular weight excluding hydrogens is 424 g/mol. The van der Waals surface area contributed by atoms with Crippen molar-refractivity contribution in [2.24, 2.45) is 0 Å². The number of methoxy groups -OCH3 is 2. The first-order valence-electron chi connectivity index (χ1n) is 10.1. The van der Waals surface area contributed by atoms with Gasteiger partial charge < -0.3 is 28.8 Å². The van der Waals surface area contributed by atoms with E-state index in [1.165, 1.54) is 0 Å². The average Bonchev–Trinajstić information content (AvgIpc) is 3.23. The molecule has 8 heteroatoms. The molecule has 0 amide bonds. The number of carbonyl (C=O) groups is 1. The summed E-state index contributed by atoms with van der Waals surface area (Å²) in [6.07, 6.45) is -0.444. The van der Waals surface area contributed by atoms with Crippen LogP contribution >= 0.6 is 11.6 Å². The highest BCUT2D eigenvalue weighted by Crippen LogP contribution is 2.50. The van der Waals surface area contributed by atoms with Crippen LogP contribution in [0.25, 0.3) is 0 Å². The maximum absolute atomic E-state index is 13.6.